The predicted octanol–water partition coefficient (Wildman–Crippen LogP) is 2.40. The van der Waals surface area contributed by atoms with E-state index in [1.165, 1.54) is 0 Å². The molecule has 64 valence electrons. The molecule has 0 fully saturated rings. The van der Waals surface area contributed by atoms with E-state index < -0.39 is 5.60 Å². The minimum absolute atomic E-state index is 0.510. The molecule has 2 N–H and O–H groups in total. The molecule has 0 atom stereocenters. The molecule has 1 nitrogen and oxygen atoms in total. The first-order valence-electron chi connectivity index (χ1n) is 3.98. The first-order chi connectivity index (χ1) is 4.96. The second kappa shape index (κ2) is 3.72. The van der Waals surface area contributed by atoms with Gasteiger partial charge in [0.2, 0.25) is 5.60 Å². The molecule has 0 aromatic carbocycles. The molecule has 0 aromatic heterocycles. The third kappa shape index (κ3) is 2.19. The summed E-state index contributed by atoms with van der Waals surface area (Å²) in [5.74, 6) is 0. The van der Waals surface area contributed by atoms with Gasteiger partial charge in [0, 0.05) is 18.1 Å². The third-order valence-electron chi connectivity index (χ3n) is 2.44. The quantitative estimate of drug-likeness (QED) is 0.432. The summed E-state index contributed by atoms with van der Waals surface area (Å²) < 4.78 is 0. The molecular weight excluding hydrogens is 136 g/mol. The molecule has 0 amide bonds. The fourth-order valence-electron chi connectivity index (χ4n) is 0.888. The Morgan fingerprint density at radius 1 is 1.09 bits per heavy atom. The summed E-state index contributed by atoms with van der Waals surface area (Å²) in [5, 5.41) is 8.00. The van der Waals surface area contributed by atoms with Crippen molar-refractivity contribution < 1.29 is 5.11 Å². The van der Waals surface area contributed by atoms with Gasteiger partial charge in [0.15, 0.2) is 0 Å². The number of hydrogen-bond acceptors (Lipinski definition) is 0. The first kappa shape index (κ1) is 10.4. The van der Waals surface area contributed by atoms with E-state index in [0.29, 0.717) is 0 Å². The summed E-state index contributed by atoms with van der Waals surface area (Å²) >= 11 is 0. The minimum atomic E-state index is -0.510. The molecular formula is C10H19O+. The molecule has 0 saturated carbocycles. The zero-order chi connectivity index (χ0) is 9.07. The molecule has 0 saturated heterocycles. The average Bonchev–Trinajstić information content (AvgIpc) is 2.01. The van der Waals surface area contributed by atoms with Gasteiger partial charge in [-0.1, -0.05) is 12.2 Å². The van der Waals surface area contributed by atoms with E-state index >= 15 is 0 Å². The van der Waals surface area contributed by atoms with Crippen LogP contribution >= 0.6 is 0 Å². The zero-order valence-electron chi connectivity index (χ0n) is 8.15. The molecule has 0 spiro atoms. The molecule has 0 aromatic rings. The lowest BCUT2D eigenvalue weighted by Crippen LogP contribution is -2.26. The van der Waals surface area contributed by atoms with Crippen LogP contribution in [0.3, 0.4) is 0 Å². The average molecular weight is 155 g/mol. The Balaban J connectivity index is 4.73. The van der Waals surface area contributed by atoms with Crippen LogP contribution in [-0.4, -0.2) is 10.7 Å². The highest BCUT2D eigenvalue weighted by Gasteiger charge is 2.28. The summed E-state index contributed by atoms with van der Waals surface area (Å²) in [6, 6.07) is 0. The summed E-state index contributed by atoms with van der Waals surface area (Å²) in [6.45, 7) is 9.88. The standard InChI is InChI=1S/C10H18O/c1-6-8(3)10(5,11)9(4)7-2/h6-7,11H,1-5H3/p+1. The Hall–Kier alpha value is -0.560. The van der Waals surface area contributed by atoms with Gasteiger partial charge in [-0.3, -0.25) is 0 Å². The molecule has 0 bridgehead atoms. The van der Waals surface area contributed by atoms with Crippen LogP contribution in [0.1, 0.15) is 34.6 Å². The normalized spacial score (nSPS) is 19.8. The molecule has 11 heavy (non-hydrogen) atoms. The van der Waals surface area contributed by atoms with Crippen molar-refractivity contribution >= 4 is 0 Å². The van der Waals surface area contributed by atoms with Crippen LogP contribution in [0.5, 0.6) is 0 Å². The Morgan fingerprint density at radius 2 is 1.36 bits per heavy atom. The van der Waals surface area contributed by atoms with Crippen molar-refractivity contribution in [3.63, 3.8) is 0 Å². The molecule has 0 rings (SSSR count). The summed E-state index contributed by atoms with van der Waals surface area (Å²) in [5.41, 5.74) is 1.70. The Bertz CT molecular complexity index is 165. The maximum atomic E-state index is 8.00. The van der Waals surface area contributed by atoms with E-state index in [1.54, 1.807) is 0 Å². The second-order valence-electron chi connectivity index (χ2n) is 3.07. The zero-order valence-corrected chi connectivity index (χ0v) is 8.15. The maximum absolute atomic E-state index is 8.00. The smallest absolute Gasteiger partial charge is 0.204 e. The van der Waals surface area contributed by atoms with E-state index in [0.717, 1.165) is 11.1 Å². The number of hydrogen-bond donors (Lipinski definition) is 0. The van der Waals surface area contributed by atoms with Gasteiger partial charge in [-0.2, -0.15) is 0 Å². The fourth-order valence-corrected chi connectivity index (χ4v) is 0.888. The number of rotatable bonds is 2. The molecule has 0 heterocycles. The summed E-state index contributed by atoms with van der Waals surface area (Å²) in [4.78, 5) is 0. The van der Waals surface area contributed by atoms with Crippen molar-refractivity contribution in [2.75, 3.05) is 0 Å². The van der Waals surface area contributed by atoms with Crippen molar-refractivity contribution in [1.29, 1.82) is 0 Å². The van der Waals surface area contributed by atoms with Gasteiger partial charge >= 0.3 is 0 Å². The SMILES string of the molecule is CC=C(C)C(C)([OH2+])C(C)=CC. The van der Waals surface area contributed by atoms with E-state index in [9.17, 15) is 0 Å². The van der Waals surface area contributed by atoms with E-state index in [1.807, 2.05) is 46.8 Å². The van der Waals surface area contributed by atoms with Gasteiger partial charge < -0.3 is 5.11 Å². The first-order valence-corrected chi connectivity index (χ1v) is 3.98. The van der Waals surface area contributed by atoms with Crippen LogP contribution in [0.15, 0.2) is 23.3 Å². The largest absolute Gasteiger partial charge is 0.435 e. The van der Waals surface area contributed by atoms with E-state index in [2.05, 4.69) is 0 Å². The van der Waals surface area contributed by atoms with Gasteiger partial charge in [-0.05, 0) is 27.7 Å². The minimum Gasteiger partial charge on any atom is -0.435 e. The summed E-state index contributed by atoms with van der Waals surface area (Å²) in [6.07, 6.45) is 4.00. The fraction of sp³-hybridized carbons (Fsp3) is 0.600. The van der Waals surface area contributed by atoms with Gasteiger partial charge in [0.25, 0.3) is 0 Å². The Labute approximate surface area is 69.4 Å². The molecule has 0 unspecified atom stereocenters. The van der Waals surface area contributed by atoms with Crippen molar-refractivity contribution in [1.82, 2.24) is 0 Å². The Kier molecular flexibility index (Phi) is 3.53. The number of allylic oxidation sites excluding steroid dienone is 2. The predicted molar refractivity (Wildman–Crippen MR) is 50.9 cm³/mol. The molecule has 0 radical (unpaired) electrons. The Morgan fingerprint density at radius 3 is 1.55 bits per heavy atom. The van der Waals surface area contributed by atoms with Gasteiger partial charge in [-0.15, -0.1) is 0 Å². The van der Waals surface area contributed by atoms with Crippen LogP contribution in [0, 0.1) is 0 Å². The van der Waals surface area contributed by atoms with Crippen molar-refractivity contribution in [3.8, 4) is 0 Å². The van der Waals surface area contributed by atoms with Crippen LogP contribution in [-0.2, 0) is 0 Å². The highest BCUT2D eigenvalue weighted by atomic mass is 16.3. The van der Waals surface area contributed by atoms with Gasteiger partial charge in [0.1, 0.15) is 0 Å². The van der Waals surface area contributed by atoms with Crippen LogP contribution in [0.4, 0.5) is 0 Å². The van der Waals surface area contributed by atoms with Crippen molar-refractivity contribution in [3.05, 3.63) is 23.3 Å². The van der Waals surface area contributed by atoms with Crippen molar-refractivity contribution in [2.45, 2.75) is 40.2 Å². The molecule has 1 heteroatoms. The van der Waals surface area contributed by atoms with E-state index in [-0.39, 0.29) is 0 Å². The lowest BCUT2D eigenvalue weighted by atomic mass is 9.89. The van der Waals surface area contributed by atoms with Gasteiger partial charge in [0.05, 0.1) is 0 Å². The highest BCUT2D eigenvalue weighted by molar-refractivity contribution is 5.27. The monoisotopic (exact) mass is 155 g/mol. The van der Waals surface area contributed by atoms with Crippen molar-refractivity contribution in [2.24, 2.45) is 0 Å². The van der Waals surface area contributed by atoms with Crippen LogP contribution in [0.25, 0.3) is 0 Å². The third-order valence-corrected chi connectivity index (χ3v) is 2.44. The lowest BCUT2D eigenvalue weighted by Gasteiger charge is -2.20. The molecule has 0 aliphatic carbocycles. The summed E-state index contributed by atoms with van der Waals surface area (Å²) in [7, 11) is 0. The van der Waals surface area contributed by atoms with E-state index in [4.69, 9.17) is 5.11 Å². The maximum Gasteiger partial charge on any atom is 0.204 e. The van der Waals surface area contributed by atoms with Crippen LogP contribution < -0.4 is 0 Å². The molecule has 0 aliphatic rings. The molecule has 0 aliphatic heterocycles. The lowest BCUT2D eigenvalue weighted by molar-refractivity contribution is 0.137. The van der Waals surface area contributed by atoms with Crippen LogP contribution in [0.2, 0.25) is 0 Å². The second-order valence-corrected chi connectivity index (χ2v) is 3.07. The topological polar surface area (TPSA) is 22.9 Å². The highest BCUT2D eigenvalue weighted by Crippen LogP contribution is 2.24. The van der Waals surface area contributed by atoms with Gasteiger partial charge in [-0.25, -0.2) is 0 Å².